The third-order valence-corrected chi connectivity index (χ3v) is 3.86. The number of aromatic carboxylic acids is 1. The van der Waals surface area contributed by atoms with E-state index in [1.165, 1.54) is 12.3 Å². The Hall–Kier alpha value is -1.75. The van der Waals surface area contributed by atoms with E-state index >= 15 is 0 Å². The largest absolute Gasteiger partial charge is 0.478 e. The summed E-state index contributed by atoms with van der Waals surface area (Å²) in [4.78, 5) is 29.1. The molecule has 1 atom stereocenters. The fraction of sp³-hybridized carbons (Fsp3) is 0.562. The summed E-state index contributed by atoms with van der Waals surface area (Å²) >= 11 is 0. The molecule has 21 heavy (non-hydrogen) atoms. The smallest absolute Gasteiger partial charge is 0.335 e. The predicted octanol–water partition coefficient (Wildman–Crippen LogP) is 2.36. The van der Waals surface area contributed by atoms with Crippen LogP contribution in [0.2, 0.25) is 0 Å². The molecule has 1 N–H and O–H groups in total. The second kappa shape index (κ2) is 7.31. The molecule has 0 radical (unpaired) electrons. The van der Waals surface area contributed by atoms with Gasteiger partial charge in [-0.05, 0) is 37.4 Å². The Bertz CT molecular complexity index is 516. The van der Waals surface area contributed by atoms with Crippen molar-refractivity contribution in [1.29, 1.82) is 0 Å². The Morgan fingerprint density at radius 3 is 3.00 bits per heavy atom. The molecule has 1 fully saturated rings. The van der Waals surface area contributed by atoms with Crippen molar-refractivity contribution >= 4 is 11.8 Å². The van der Waals surface area contributed by atoms with E-state index in [-0.39, 0.29) is 5.56 Å². The number of carbonyl (C=O) groups is 2. The van der Waals surface area contributed by atoms with Gasteiger partial charge in [-0.15, -0.1) is 0 Å². The lowest BCUT2D eigenvalue weighted by molar-refractivity contribution is -0.119. The standard InChI is InChI=1S/C16H22N2O3/c1-2-3-15(19)8-12-5-7-18(10-12)11-14-9-13(16(20)21)4-6-17-14/h4,6,9,12H,2-3,5,7-8,10-11H2,1H3,(H,20,21)/t12-/m0/s1. The molecule has 114 valence electrons. The van der Waals surface area contributed by atoms with E-state index in [0.29, 0.717) is 31.1 Å². The Balaban J connectivity index is 1.86. The zero-order chi connectivity index (χ0) is 15.2. The van der Waals surface area contributed by atoms with Crippen LogP contribution in [0.25, 0.3) is 0 Å². The first kappa shape index (κ1) is 15.6. The fourth-order valence-electron chi connectivity index (χ4n) is 2.85. The lowest BCUT2D eigenvalue weighted by Crippen LogP contribution is -2.21. The highest BCUT2D eigenvalue weighted by Gasteiger charge is 2.24. The number of carbonyl (C=O) groups excluding carboxylic acids is 1. The Morgan fingerprint density at radius 1 is 1.48 bits per heavy atom. The maximum Gasteiger partial charge on any atom is 0.335 e. The Labute approximate surface area is 125 Å². The molecular weight excluding hydrogens is 268 g/mol. The molecule has 1 aromatic heterocycles. The van der Waals surface area contributed by atoms with Gasteiger partial charge in [-0.2, -0.15) is 0 Å². The van der Waals surface area contributed by atoms with Gasteiger partial charge < -0.3 is 5.11 Å². The minimum atomic E-state index is -0.928. The third kappa shape index (κ3) is 4.63. The van der Waals surface area contributed by atoms with Gasteiger partial charge in [-0.25, -0.2) is 4.79 Å². The SMILES string of the molecule is CCCC(=O)C[C@@H]1CCN(Cc2cc(C(=O)O)ccn2)C1. The number of pyridine rings is 1. The summed E-state index contributed by atoms with van der Waals surface area (Å²) in [6.45, 7) is 4.52. The molecule has 1 saturated heterocycles. The number of rotatable bonds is 7. The predicted molar refractivity (Wildman–Crippen MR) is 79.1 cm³/mol. The number of ketones is 1. The van der Waals surface area contributed by atoms with Crippen LogP contribution in [-0.2, 0) is 11.3 Å². The van der Waals surface area contributed by atoms with Gasteiger partial charge in [0.15, 0.2) is 0 Å². The highest BCUT2D eigenvalue weighted by molar-refractivity contribution is 5.87. The van der Waals surface area contributed by atoms with E-state index < -0.39 is 5.97 Å². The number of likely N-dealkylation sites (tertiary alicyclic amines) is 1. The number of carboxylic acids is 1. The summed E-state index contributed by atoms with van der Waals surface area (Å²) < 4.78 is 0. The van der Waals surface area contributed by atoms with Crippen molar-refractivity contribution in [3.63, 3.8) is 0 Å². The molecule has 0 bridgehead atoms. The second-order valence-corrected chi connectivity index (χ2v) is 5.72. The van der Waals surface area contributed by atoms with E-state index in [1.807, 2.05) is 6.92 Å². The number of aromatic nitrogens is 1. The van der Waals surface area contributed by atoms with Crippen LogP contribution in [0.15, 0.2) is 18.3 Å². The summed E-state index contributed by atoms with van der Waals surface area (Å²) in [7, 11) is 0. The van der Waals surface area contributed by atoms with Gasteiger partial charge in [-0.1, -0.05) is 6.92 Å². The molecule has 0 amide bonds. The Kier molecular flexibility index (Phi) is 5.44. The number of hydrogen-bond acceptors (Lipinski definition) is 4. The van der Waals surface area contributed by atoms with E-state index in [9.17, 15) is 9.59 Å². The van der Waals surface area contributed by atoms with Crippen LogP contribution in [0.1, 0.15) is 48.7 Å². The molecule has 1 aliphatic rings. The van der Waals surface area contributed by atoms with Crippen molar-refractivity contribution in [2.45, 2.75) is 39.2 Å². The summed E-state index contributed by atoms with van der Waals surface area (Å²) in [6, 6.07) is 3.12. The van der Waals surface area contributed by atoms with Gasteiger partial charge >= 0.3 is 5.97 Å². The Morgan fingerprint density at radius 2 is 2.29 bits per heavy atom. The molecule has 0 aliphatic carbocycles. The highest BCUT2D eigenvalue weighted by atomic mass is 16.4. The molecule has 0 unspecified atom stereocenters. The molecule has 0 aromatic carbocycles. The van der Waals surface area contributed by atoms with E-state index in [2.05, 4.69) is 9.88 Å². The van der Waals surface area contributed by atoms with Crippen LogP contribution in [0, 0.1) is 5.92 Å². The average Bonchev–Trinajstić information content (AvgIpc) is 2.86. The maximum atomic E-state index is 11.7. The zero-order valence-corrected chi connectivity index (χ0v) is 12.4. The van der Waals surface area contributed by atoms with Gasteiger partial charge in [0.05, 0.1) is 11.3 Å². The van der Waals surface area contributed by atoms with Gasteiger partial charge in [0.2, 0.25) is 0 Å². The van der Waals surface area contributed by atoms with Crippen LogP contribution >= 0.6 is 0 Å². The van der Waals surface area contributed by atoms with Crippen LogP contribution < -0.4 is 0 Å². The van der Waals surface area contributed by atoms with Crippen molar-refractivity contribution in [2.24, 2.45) is 5.92 Å². The van der Waals surface area contributed by atoms with Crippen LogP contribution in [0.3, 0.4) is 0 Å². The van der Waals surface area contributed by atoms with Crippen molar-refractivity contribution in [3.05, 3.63) is 29.6 Å². The molecule has 2 rings (SSSR count). The van der Waals surface area contributed by atoms with Gasteiger partial charge in [0.25, 0.3) is 0 Å². The maximum absolute atomic E-state index is 11.7. The van der Waals surface area contributed by atoms with Crippen molar-refractivity contribution in [3.8, 4) is 0 Å². The summed E-state index contributed by atoms with van der Waals surface area (Å²) in [5.74, 6) is -0.134. The summed E-state index contributed by atoms with van der Waals surface area (Å²) in [6.07, 6.45) is 4.85. The number of hydrogen-bond donors (Lipinski definition) is 1. The quantitative estimate of drug-likeness (QED) is 0.834. The number of nitrogens with zero attached hydrogens (tertiary/aromatic N) is 2. The van der Waals surface area contributed by atoms with Crippen LogP contribution in [0.5, 0.6) is 0 Å². The van der Waals surface area contributed by atoms with Gasteiger partial charge in [0.1, 0.15) is 5.78 Å². The topological polar surface area (TPSA) is 70.5 Å². The normalized spacial score (nSPS) is 18.8. The van der Waals surface area contributed by atoms with Crippen LogP contribution in [-0.4, -0.2) is 39.8 Å². The lowest BCUT2D eigenvalue weighted by atomic mass is 10.00. The summed E-state index contributed by atoms with van der Waals surface area (Å²) in [5, 5.41) is 8.98. The number of carboxylic acid groups (broad SMARTS) is 1. The minimum absolute atomic E-state index is 0.272. The first-order valence-corrected chi connectivity index (χ1v) is 7.50. The first-order valence-electron chi connectivity index (χ1n) is 7.50. The third-order valence-electron chi connectivity index (χ3n) is 3.86. The first-order chi connectivity index (χ1) is 10.1. The van der Waals surface area contributed by atoms with Crippen molar-refractivity contribution in [1.82, 2.24) is 9.88 Å². The lowest BCUT2D eigenvalue weighted by Gasteiger charge is -2.15. The second-order valence-electron chi connectivity index (χ2n) is 5.72. The van der Waals surface area contributed by atoms with Gasteiger partial charge in [0, 0.05) is 32.1 Å². The van der Waals surface area contributed by atoms with Crippen molar-refractivity contribution < 1.29 is 14.7 Å². The molecule has 0 saturated carbocycles. The van der Waals surface area contributed by atoms with Crippen LogP contribution in [0.4, 0.5) is 0 Å². The van der Waals surface area contributed by atoms with Gasteiger partial charge in [-0.3, -0.25) is 14.7 Å². The summed E-state index contributed by atoms with van der Waals surface area (Å²) in [5.41, 5.74) is 1.05. The molecule has 5 nitrogen and oxygen atoms in total. The highest BCUT2D eigenvalue weighted by Crippen LogP contribution is 2.22. The average molecular weight is 290 g/mol. The molecular formula is C16H22N2O3. The zero-order valence-electron chi connectivity index (χ0n) is 12.4. The van der Waals surface area contributed by atoms with E-state index in [0.717, 1.165) is 31.6 Å². The molecule has 0 spiro atoms. The van der Waals surface area contributed by atoms with Crippen molar-refractivity contribution in [2.75, 3.05) is 13.1 Å². The monoisotopic (exact) mass is 290 g/mol. The van der Waals surface area contributed by atoms with E-state index in [1.54, 1.807) is 6.07 Å². The molecule has 2 heterocycles. The minimum Gasteiger partial charge on any atom is -0.478 e. The van der Waals surface area contributed by atoms with E-state index in [4.69, 9.17) is 5.11 Å². The molecule has 1 aromatic rings. The number of Topliss-reactive ketones (excluding diaryl/α,β-unsaturated/α-hetero) is 1. The molecule has 1 aliphatic heterocycles. The molecule has 5 heteroatoms. The fourth-order valence-corrected chi connectivity index (χ4v) is 2.85.